The van der Waals surface area contributed by atoms with Gasteiger partial charge in [0, 0.05) is 19.3 Å². The van der Waals surface area contributed by atoms with Gasteiger partial charge in [-0.05, 0) is 154 Å². The fourth-order valence-corrected chi connectivity index (χ4v) is 8.54. The lowest BCUT2D eigenvalue weighted by Crippen LogP contribution is -2.30. The number of unbranched alkanes of at least 4 members (excludes halogenated alkanes) is 19. The molecule has 0 saturated heterocycles. The highest BCUT2D eigenvalue weighted by Crippen LogP contribution is 2.14. The van der Waals surface area contributed by atoms with Crippen LogP contribution in [0.2, 0.25) is 0 Å². The van der Waals surface area contributed by atoms with Crippen molar-refractivity contribution in [2.75, 3.05) is 13.2 Å². The van der Waals surface area contributed by atoms with Crippen LogP contribution in [0.15, 0.2) is 170 Å². The van der Waals surface area contributed by atoms with Crippen molar-refractivity contribution in [3.63, 3.8) is 0 Å². The Balaban J connectivity index is 4.37. The van der Waals surface area contributed by atoms with Crippen molar-refractivity contribution in [1.82, 2.24) is 0 Å². The lowest BCUT2D eigenvalue weighted by Gasteiger charge is -2.18. The van der Waals surface area contributed by atoms with Gasteiger partial charge in [-0.1, -0.05) is 268 Å². The predicted molar refractivity (Wildman–Crippen MR) is 357 cm³/mol. The highest BCUT2D eigenvalue weighted by Gasteiger charge is 2.19. The number of ether oxygens (including phenoxy) is 3. The van der Waals surface area contributed by atoms with E-state index in [1.54, 1.807) is 0 Å². The van der Waals surface area contributed by atoms with Crippen molar-refractivity contribution in [1.29, 1.82) is 0 Å². The molecule has 0 amide bonds. The number of hydrogen-bond acceptors (Lipinski definition) is 6. The molecule has 0 aliphatic heterocycles. The van der Waals surface area contributed by atoms with E-state index in [1.807, 2.05) is 0 Å². The fourth-order valence-electron chi connectivity index (χ4n) is 8.54. The summed E-state index contributed by atoms with van der Waals surface area (Å²) in [6, 6.07) is 0. The van der Waals surface area contributed by atoms with E-state index in [9.17, 15) is 14.4 Å². The summed E-state index contributed by atoms with van der Waals surface area (Å²) in [7, 11) is 0. The zero-order chi connectivity index (χ0) is 59.2. The van der Waals surface area contributed by atoms with E-state index in [2.05, 4.69) is 191 Å². The van der Waals surface area contributed by atoms with Crippen LogP contribution in [-0.4, -0.2) is 37.2 Å². The second-order valence-electron chi connectivity index (χ2n) is 21.3. The third-order valence-corrected chi connectivity index (χ3v) is 13.4. The molecule has 0 aliphatic rings. The van der Waals surface area contributed by atoms with Crippen LogP contribution in [0.25, 0.3) is 0 Å². The molecular weight excluding hydrogens is 1010 g/mol. The minimum atomic E-state index is -0.815. The fraction of sp³-hybridized carbons (Fsp3) is 0.592. The van der Waals surface area contributed by atoms with E-state index < -0.39 is 6.10 Å². The Morgan fingerprint density at radius 2 is 0.476 bits per heavy atom. The summed E-state index contributed by atoms with van der Waals surface area (Å²) in [4.78, 5) is 38.3. The molecule has 0 radical (unpaired) electrons. The molecule has 460 valence electrons. The number of rotatable bonds is 58. The summed E-state index contributed by atoms with van der Waals surface area (Å²) in [5.74, 6) is -0.976. The van der Waals surface area contributed by atoms with Crippen LogP contribution in [0, 0.1) is 0 Å². The summed E-state index contributed by atoms with van der Waals surface area (Å²) < 4.78 is 16.9. The van der Waals surface area contributed by atoms with E-state index in [4.69, 9.17) is 14.2 Å². The van der Waals surface area contributed by atoms with Crippen LogP contribution in [0.3, 0.4) is 0 Å². The molecule has 0 N–H and O–H groups in total. The Bertz CT molecular complexity index is 1870. The molecule has 0 bridgehead atoms. The quantitative estimate of drug-likeness (QED) is 0.0261. The standard InChI is InChI=1S/C76H120O6/c1-4-7-10-13-16-19-22-25-28-30-31-32-33-34-35-36-37-38-39-40-41-42-43-44-45-46-49-51-54-57-60-63-66-69-75(78)81-72-73(71-80-74(77)68-65-62-59-56-53-50-47-27-24-21-18-15-12-9-6-3)82-76(79)70-67-64-61-58-55-52-48-29-26-23-20-17-14-11-8-5-2/h7,9-10,12,16,18-21,23,25,27-29,31-32,34-35,37-38,40-41,43-44,47-48,53,56,73H,4-6,8,11,13-15,17,22,24,26,30,33,36,39,42,45-46,49-52,54-55,57-72H2,1-3H3/b10-7-,12-9-,19-16-,21-18-,23-20-,28-25-,32-31-,35-34-,38-37-,41-40-,44-43-,47-27-,48-29-,56-53-. The van der Waals surface area contributed by atoms with E-state index in [0.29, 0.717) is 25.7 Å². The molecule has 0 aliphatic carbocycles. The smallest absolute Gasteiger partial charge is 0.306 e. The number of allylic oxidation sites excluding steroid dienone is 28. The maximum absolute atomic E-state index is 12.9. The van der Waals surface area contributed by atoms with Crippen LogP contribution in [0.1, 0.15) is 271 Å². The first kappa shape index (κ1) is 76.8. The molecule has 0 aromatic heterocycles. The van der Waals surface area contributed by atoms with Crippen LogP contribution >= 0.6 is 0 Å². The monoisotopic (exact) mass is 1130 g/mol. The molecule has 6 heteroatoms. The zero-order valence-electron chi connectivity index (χ0n) is 52.7. The van der Waals surface area contributed by atoms with Crippen LogP contribution in [0.5, 0.6) is 0 Å². The van der Waals surface area contributed by atoms with Gasteiger partial charge in [-0.15, -0.1) is 0 Å². The van der Waals surface area contributed by atoms with Crippen molar-refractivity contribution in [3.8, 4) is 0 Å². The van der Waals surface area contributed by atoms with Gasteiger partial charge in [-0.3, -0.25) is 14.4 Å². The molecule has 0 fully saturated rings. The average molecular weight is 1130 g/mol. The summed E-state index contributed by atoms with van der Waals surface area (Å²) in [6.07, 6.45) is 101. The first-order valence-corrected chi connectivity index (χ1v) is 33.1. The maximum atomic E-state index is 12.9. The van der Waals surface area contributed by atoms with Crippen molar-refractivity contribution in [3.05, 3.63) is 170 Å². The van der Waals surface area contributed by atoms with Gasteiger partial charge in [0.15, 0.2) is 6.10 Å². The van der Waals surface area contributed by atoms with Gasteiger partial charge >= 0.3 is 17.9 Å². The summed E-state index contributed by atoms with van der Waals surface area (Å²) in [6.45, 7) is 6.33. The average Bonchev–Trinajstić information content (AvgIpc) is 3.47. The van der Waals surface area contributed by atoms with Crippen molar-refractivity contribution in [2.24, 2.45) is 0 Å². The molecule has 0 spiro atoms. The molecule has 0 heterocycles. The lowest BCUT2D eigenvalue weighted by atomic mass is 10.1. The zero-order valence-corrected chi connectivity index (χ0v) is 52.7. The van der Waals surface area contributed by atoms with E-state index in [1.165, 1.54) is 64.2 Å². The predicted octanol–water partition coefficient (Wildman–Crippen LogP) is 23.0. The molecular formula is C76H120O6. The van der Waals surface area contributed by atoms with E-state index >= 15 is 0 Å². The Morgan fingerprint density at radius 3 is 0.768 bits per heavy atom. The number of hydrogen-bond donors (Lipinski definition) is 0. The van der Waals surface area contributed by atoms with Crippen molar-refractivity contribution < 1.29 is 28.6 Å². The first-order chi connectivity index (χ1) is 40.5. The Hall–Kier alpha value is -5.23. The highest BCUT2D eigenvalue weighted by atomic mass is 16.6. The Morgan fingerprint density at radius 1 is 0.256 bits per heavy atom. The van der Waals surface area contributed by atoms with Gasteiger partial charge < -0.3 is 14.2 Å². The normalized spacial score (nSPS) is 13.3. The molecule has 1 unspecified atom stereocenters. The second-order valence-corrected chi connectivity index (χ2v) is 21.3. The minimum absolute atomic E-state index is 0.108. The summed E-state index contributed by atoms with van der Waals surface area (Å²) in [5.41, 5.74) is 0. The molecule has 6 nitrogen and oxygen atoms in total. The van der Waals surface area contributed by atoms with Gasteiger partial charge in [0.25, 0.3) is 0 Å². The summed E-state index contributed by atoms with van der Waals surface area (Å²) in [5, 5.41) is 0. The molecule has 0 saturated carbocycles. The van der Waals surface area contributed by atoms with Crippen molar-refractivity contribution >= 4 is 17.9 Å². The van der Waals surface area contributed by atoms with E-state index in [0.717, 1.165) is 161 Å². The van der Waals surface area contributed by atoms with Gasteiger partial charge in [0.05, 0.1) is 0 Å². The highest BCUT2D eigenvalue weighted by molar-refractivity contribution is 5.71. The molecule has 0 aromatic rings. The molecule has 0 rings (SSSR count). The Labute approximate surface area is 504 Å². The second kappa shape index (κ2) is 68.3. The SMILES string of the molecule is CC/C=C\C/C=C\C/C=C\C/C=C\C/C=C\C/C=C\C/C=C\C/C=C\CCCCCCCCCCC(=O)OCC(COC(=O)CCCC/C=C\C/C=C\C/C=C\C/C=C\CC)OC(=O)CCCCCCC/C=C\C/C=C\CCCCCC. The number of carbonyl (C=O) groups excluding carboxylic acids is 3. The molecule has 1 atom stereocenters. The topological polar surface area (TPSA) is 78.9 Å². The lowest BCUT2D eigenvalue weighted by molar-refractivity contribution is -0.167. The largest absolute Gasteiger partial charge is 0.462 e. The van der Waals surface area contributed by atoms with Crippen LogP contribution in [0.4, 0.5) is 0 Å². The number of esters is 3. The van der Waals surface area contributed by atoms with Gasteiger partial charge in [0.1, 0.15) is 13.2 Å². The number of carbonyl (C=O) groups is 3. The maximum Gasteiger partial charge on any atom is 0.306 e. The van der Waals surface area contributed by atoms with Gasteiger partial charge in [-0.2, -0.15) is 0 Å². The van der Waals surface area contributed by atoms with E-state index in [-0.39, 0.29) is 31.1 Å². The van der Waals surface area contributed by atoms with Crippen LogP contribution in [-0.2, 0) is 28.6 Å². The molecule has 82 heavy (non-hydrogen) atoms. The first-order valence-electron chi connectivity index (χ1n) is 33.1. The van der Waals surface area contributed by atoms with Crippen LogP contribution < -0.4 is 0 Å². The van der Waals surface area contributed by atoms with Crippen molar-refractivity contribution in [2.45, 2.75) is 277 Å². The van der Waals surface area contributed by atoms with Gasteiger partial charge in [-0.25, -0.2) is 0 Å². The summed E-state index contributed by atoms with van der Waals surface area (Å²) >= 11 is 0. The Kier molecular flexibility index (Phi) is 63.9. The van der Waals surface area contributed by atoms with Gasteiger partial charge in [0.2, 0.25) is 0 Å². The minimum Gasteiger partial charge on any atom is -0.462 e. The molecule has 0 aromatic carbocycles. The third kappa shape index (κ3) is 65.6. The third-order valence-electron chi connectivity index (χ3n) is 13.4.